The number of carbonyl (C=O) groups excluding carboxylic acids is 1. The van der Waals surface area contributed by atoms with Crippen LogP contribution in [0.4, 0.5) is 0 Å². The number of carbonyl (C=O) groups is 1. The van der Waals surface area contributed by atoms with Gasteiger partial charge in [-0.2, -0.15) is 0 Å². The van der Waals surface area contributed by atoms with Crippen molar-refractivity contribution in [1.29, 1.82) is 0 Å². The van der Waals surface area contributed by atoms with Crippen LogP contribution < -0.4 is 0 Å². The zero-order valence-electron chi connectivity index (χ0n) is 4.89. The van der Waals surface area contributed by atoms with Crippen molar-refractivity contribution in [3.8, 4) is 0 Å². The molecule has 0 saturated carbocycles. The molecular formula is C6H7BrO2. The van der Waals surface area contributed by atoms with E-state index in [2.05, 4.69) is 22.5 Å². The number of halogens is 1. The molecule has 0 radical (unpaired) electrons. The third-order valence-electron chi connectivity index (χ3n) is 1.30. The molecule has 0 N–H and O–H groups in total. The second kappa shape index (κ2) is 2.52. The lowest BCUT2D eigenvalue weighted by Crippen LogP contribution is -1.96. The highest BCUT2D eigenvalue weighted by molar-refractivity contribution is 9.11. The smallest absolute Gasteiger partial charge is 0.306 e. The lowest BCUT2D eigenvalue weighted by atomic mass is 10.1. The van der Waals surface area contributed by atoms with Gasteiger partial charge in [0, 0.05) is 5.92 Å². The minimum Gasteiger partial charge on any atom is -0.465 e. The monoisotopic (exact) mass is 190 g/mol. The van der Waals surface area contributed by atoms with Gasteiger partial charge in [-0.05, 0) is 4.48 Å². The third-order valence-corrected chi connectivity index (χ3v) is 1.95. The molecule has 1 fully saturated rings. The van der Waals surface area contributed by atoms with Crippen molar-refractivity contribution in [2.45, 2.75) is 6.42 Å². The van der Waals surface area contributed by atoms with Crippen molar-refractivity contribution >= 4 is 21.9 Å². The van der Waals surface area contributed by atoms with Gasteiger partial charge in [0.1, 0.15) is 0 Å². The van der Waals surface area contributed by atoms with E-state index in [0.717, 1.165) is 4.48 Å². The summed E-state index contributed by atoms with van der Waals surface area (Å²) in [4.78, 5) is 10.5. The summed E-state index contributed by atoms with van der Waals surface area (Å²) >= 11 is 3.20. The number of esters is 1. The molecule has 0 bridgehead atoms. The van der Waals surface area contributed by atoms with Crippen molar-refractivity contribution in [2.75, 3.05) is 6.61 Å². The molecular weight excluding hydrogens is 184 g/mol. The quantitative estimate of drug-likeness (QED) is 0.586. The van der Waals surface area contributed by atoms with Crippen LogP contribution >= 0.6 is 15.9 Å². The SMILES string of the molecule is C=C(Br)[C@H]1COC(=O)C1. The number of ether oxygens (including phenoxy) is 1. The summed E-state index contributed by atoms with van der Waals surface area (Å²) in [5.74, 6) is 0.0677. The molecule has 0 amide bonds. The van der Waals surface area contributed by atoms with Crippen LogP contribution in [0.1, 0.15) is 6.42 Å². The maximum absolute atomic E-state index is 10.5. The van der Waals surface area contributed by atoms with Crippen molar-refractivity contribution in [1.82, 2.24) is 0 Å². The maximum Gasteiger partial charge on any atom is 0.306 e. The molecule has 2 nitrogen and oxygen atoms in total. The molecule has 0 aromatic rings. The second-order valence-electron chi connectivity index (χ2n) is 2.03. The zero-order valence-corrected chi connectivity index (χ0v) is 6.48. The number of hydrogen-bond donors (Lipinski definition) is 0. The van der Waals surface area contributed by atoms with Gasteiger partial charge in [0.05, 0.1) is 13.0 Å². The topological polar surface area (TPSA) is 26.3 Å². The average molecular weight is 191 g/mol. The van der Waals surface area contributed by atoms with Gasteiger partial charge < -0.3 is 4.74 Å². The molecule has 0 aliphatic carbocycles. The Morgan fingerprint density at radius 3 is 2.78 bits per heavy atom. The summed E-state index contributed by atoms with van der Waals surface area (Å²) in [7, 11) is 0. The molecule has 0 aromatic heterocycles. The fourth-order valence-corrected chi connectivity index (χ4v) is 1.01. The molecule has 3 heteroatoms. The lowest BCUT2D eigenvalue weighted by Gasteiger charge is -1.99. The second-order valence-corrected chi connectivity index (χ2v) is 3.05. The normalized spacial score (nSPS) is 25.9. The molecule has 1 saturated heterocycles. The van der Waals surface area contributed by atoms with Crippen molar-refractivity contribution in [3.63, 3.8) is 0 Å². The van der Waals surface area contributed by atoms with E-state index in [9.17, 15) is 4.79 Å². The van der Waals surface area contributed by atoms with Crippen molar-refractivity contribution in [3.05, 3.63) is 11.1 Å². The van der Waals surface area contributed by atoms with Crippen LogP contribution in [0.25, 0.3) is 0 Å². The number of rotatable bonds is 1. The van der Waals surface area contributed by atoms with Gasteiger partial charge in [0.25, 0.3) is 0 Å². The first-order valence-electron chi connectivity index (χ1n) is 2.70. The van der Waals surface area contributed by atoms with E-state index in [1.54, 1.807) is 0 Å². The first-order valence-corrected chi connectivity index (χ1v) is 3.49. The van der Waals surface area contributed by atoms with Gasteiger partial charge >= 0.3 is 5.97 Å². The van der Waals surface area contributed by atoms with Crippen LogP contribution in [0.3, 0.4) is 0 Å². The molecule has 0 aromatic carbocycles. The summed E-state index contributed by atoms with van der Waals surface area (Å²) in [6.07, 6.45) is 0.476. The highest BCUT2D eigenvalue weighted by atomic mass is 79.9. The van der Waals surface area contributed by atoms with Gasteiger partial charge in [0.15, 0.2) is 0 Å². The Kier molecular flexibility index (Phi) is 1.90. The van der Waals surface area contributed by atoms with Crippen LogP contribution in [-0.2, 0) is 9.53 Å². The number of cyclic esters (lactones) is 1. The maximum atomic E-state index is 10.5. The zero-order chi connectivity index (χ0) is 6.85. The Hall–Kier alpha value is -0.310. The van der Waals surface area contributed by atoms with Crippen molar-refractivity contribution in [2.24, 2.45) is 5.92 Å². The molecule has 9 heavy (non-hydrogen) atoms. The standard InChI is InChI=1S/C6H7BrO2/c1-4(7)5-2-6(8)9-3-5/h5H,1-3H2/t5-/m1/s1. The minimum absolute atomic E-state index is 0.124. The Balaban J connectivity index is 2.48. The first-order chi connectivity index (χ1) is 4.20. The predicted octanol–water partition coefficient (Wildman–Crippen LogP) is 1.46. The molecule has 50 valence electrons. The van der Waals surface area contributed by atoms with Crippen LogP contribution in [0.15, 0.2) is 11.1 Å². The molecule has 0 spiro atoms. The van der Waals surface area contributed by atoms with Gasteiger partial charge in [-0.25, -0.2) is 0 Å². The van der Waals surface area contributed by atoms with E-state index < -0.39 is 0 Å². The Morgan fingerprint density at radius 2 is 2.56 bits per heavy atom. The van der Waals surface area contributed by atoms with Crippen LogP contribution in [0.5, 0.6) is 0 Å². The summed E-state index contributed by atoms with van der Waals surface area (Å²) in [6, 6.07) is 0. The highest BCUT2D eigenvalue weighted by Gasteiger charge is 2.24. The molecule has 1 aliphatic rings. The Morgan fingerprint density at radius 1 is 1.89 bits per heavy atom. The van der Waals surface area contributed by atoms with E-state index in [1.807, 2.05) is 0 Å². The first kappa shape index (κ1) is 6.81. The number of hydrogen-bond acceptors (Lipinski definition) is 2. The van der Waals surface area contributed by atoms with Gasteiger partial charge in [0.2, 0.25) is 0 Å². The summed E-state index contributed by atoms with van der Waals surface area (Å²) in [5.41, 5.74) is 0. The fourth-order valence-electron chi connectivity index (χ4n) is 0.714. The van der Waals surface area contributed by atoms with Crippen molar-refractivity contribution < 1.29 is 9.53 Å². The minimum atomic E-state index is -0.124. The molecule has 1 atom stereocenters. The largest absolute Gasteiger partial charge is 0.465 e. The molecule has 1 aliphatic heterocycles. The molecule has 1 heterocycles. The van der Waals surface area contributed by atoms with Crippen LogP contribution in [-0.4, -0.2) is 12.6 Å². The van der Waals surface area contributed by atoms with Crippen LogP contribution in [0.2, 0.25) is 0 Å². The van der Waals surface area contributed by atoms with Gasteiger partial charge in [-0.3, -0.25) is 4.79 Å². The van der Waals surface area contributed by atoms with E-state index in [1.165, 1.54) is 0 Å². The van der Waals surface area contributed by atoms with E-state index in [4.69, 9.17) is 4.74 Å². The highest BCUT2D eigenvalue weighted by Crippen LogP contribution is 2.24. The average Bonchev–Trinajstić information content (AvgIpc) is 2.14. The summed E-state index contributed by atoms with van der Waals surface area (Å²) in [5, 5.41) is 0. The van der Waals surface area contributed by atoms with Crippen LogP contribution in [0, 0.1) is 5.92 Å². The summed E-state index contributed by atoms with van der Waals surface area (Å²) < 4.78 is 5.55. The van der Waals surface area contributed by atoms with Gasteiger partial charge in [-0.15, -0.1) is 0 Å². The van der Waals surface area contributed by atoms with E-state index >= 15 is 0 Å². The Bertz CT molecular complexity index is 153. The lowest BCUT2D eigenvalue weighted by molar-refractivity contribution is -0.137. The predicted molar refractivity (Wildman–Crippen MR) is 37.1 cm³/mol. The molecule has 0 unspecified atom stereocenters. The van der Waals surface area contributed by atoms with E-state index in [0.29, 0.717) is 13.0 Å². The molecule has 1 rings (SSSR count). The fraction of sp³-hybridized carbons (Fsp3) is 0.500. The Labute approximate surface area is 62.0 Å². The third kappa shape index (κ3) is 1.55. The van der Waals surface area contributed by atoms with E-state index in [-0.39, 0.29) is 11.9 Å². The summed E-state index contributed by atoms with van der Waals surface area (Å²) in [6.45, 7) is 4.15. The van der Waals surface area contributed by atoms with Gasteiger partial charge in [-0.1, -0.05) is 22.5 Å².